The van der Waals surface area contributed by atoms with Crippen molar-refractivity contribution >= 4 is 21.6 Å². The van der Waals surface area contributed by atoms with Crippen molar-refractivity contribution in [1.29, 1.82) is 0 Å². The first-order valence-corrected chi connectivity index (χ1v) is 15.0. The third-order valence-electron chi connectivity index (χ3n) is 6.66. The molecule has 11 heteroatoms. The van der Waals surface area contributed by atoms with Crippen molar-refractivity contribution in [3.05, 3.63) is 90.0 Å². The maximum Gasteiger partial charge on any atom is 0.265 e. The summed E-state index contributed by atoms with van der Waals surface area (Å²) in [6, 6.07) is 22.8. The van der Waals surface area contributed by atoms with Crippen LogP contribution in [0.25, 0.3) is 0 Å². The molecule has 1 aliphatic rings. The Balaban J connectivity index is 1.48. The summed E-state index contributed by atoms with van der Waals surface area (Å²) in [6.45, 7) is 0.736. The molecule has 0 aromatic heterocycles. The number of carbonyl (C=O) groups excluding carboxylic acids is 1. The third kappa shape index (κ3) is 7.84. The molecule has 1 amide bonds. The molecule has 1 atom stereocenters. The van der Waals surface area contributed by atoms with Gasteiger partial charge in [0.2, 0.25) is 5.90 Å². The summed E-state index contributed by atoms with van der Waals surface area (Å²) in [6.07, 6.45) is 1.04. The fraction of sp³-hybridized carbons (Fsp3) is 0.333. The van der Waals surface area contributed by atoms with Crippen molar-refractivity contribution in [2.45, 2.75) is 29.7 Å². The zero-order chi connectivity index (χ0) is 29.1. The van der Waals surface area contributed by atoms with E-state index in [0.29, 0.717) is 37.3 Å². The number of aliphatic hydroxyl groups is 1. The molecule has 3 aromatic carbocycles. The number of hydrogen-bond acceptors (Lipinski definition) is 9. The monoisotopic (exact) mass is 581 g/mol. The van der Waals surface area contributed by atoms with Crippen molar-refractivity contribution < 1.29 is 32.5 Å². The number of para-hydroxylation sites is 1. The van der Waals surface area contributed by atoms with Crippen LogP contribution in [0.5, 0.6) is 11.5 Å². The number of nitrogens with one attached hydrogen (secondary N) is 2. The molecule has 0 saturated carbocycles. The lowest BCUT2D eigenvalue weighted by Crippen LogP contribution is -2.52. The predicted octanol–water partition coefficient (Wildman–Crippen LogP) is 2.70. The fourth-order valence-electron chi connectivity index (χ4n) is 4.32. The molecule has 4 rings (SSSR count). The van der Waals surface area contributed by atoms with Crippen LogP contribution in [0.3, 0.4) is 0 Å². The highest BCUT2D eigenvalue weighted by atomic mass is 32.2. The molecule has 0 saturated heterocycles. The van der Waals surface area contributed by atoms with Gasteiger partial charge in [0.15, 0.2) is 15.4 Å². The number of rotatable bonds is 15. The summed E-state index contributed by atoms with van der Waals surface area (Å²) in [5, 5.41) is 8.93. The van der Waals surface area contributed by atoms with Crippen LogP contribution >= 0.6 is 0 Å². The quantitative estimate of drug-likeness (QED) is 0.184. The average molecular weight is 582 g/mol. The van der Waals surface area contributed by atoms with Gasteiger partial charge in [-0.2, -0.15) is 0 Å². The van der Waals surface area contributed by atoms with Gasteiger partial charge in [-0.05, 0) is 60.9 Å². The lowest BCUT2D eigenvalue weighted by molar-refractivity contribution is -0.127. The van der Waals surface area contributed by atoms with E-state index in [1.807, 2.05) is 24.3 Å². The molecule has 0 aliphatic carbocycles. The molecule has 1 heterocycles. The fourth-order valence-corrected chi connectivity index (χ4v) is 5.73. The van der Waals surface area contributed by atoms with Crippen LogP contribution in [0.2, 0.25) is 0 Å². The highest BCUT2D eigenvalue weighted by Crippen LogP contribution is 2.28. The molecule has 0 radical (unpaired) electrons. The van der Waals surface area contributed by atoms with Gasteiger partial charge < -0.3 is 19.3 Å². The van der Waals surface area contributed by atoms with Crippen LogP contribution in [0.15, 0.2) is 88.8 Å². The Morgan fingerprint density at radius 1 is 1.05 bits per heavy atom. The van der Waals surface area contributed by atoms with Crippen molar-refractivity contribution in [3.63, 3.8) is 0 Å². The van der Waals surface area contributed by atoms with E-state index >= 15 is 0 Å². The Bertz CT molecular complexity index is 1430. The minimum absolute atomic E-state index is 0.0438. The molecule has 0 spiro atoms. The number of aliphatic imine (C=N–C) groups is 1. The summed E-state index contributed by atoms with van der Waals surface area (Å²) >= 11 is 0. The maximum absolute atomic E-state index is 13.5. The lowest BCUT2D eigenvalue weighted by Gasteiger charge is -2.23. The second-order valence-electron chi connectivity index (χ2n) is 9.51. The largest absolute Gasteiger partial charge is 0.496 e. The van der Waals surface area contributed by atoms with Crippen LogP contribution in [0, 0.1) is 0 Å². The molecule has 0 unspecified atom stereocenters. The minimum atomic E-state index is -3.66. The number of aliphatic hydroxyl groups excluding tert-OH is 1. The van der Waals surface area contributed by atoms with Gasteiger partial charge in [-0.1, -0.05) is 36.4 Å². The standard InChI is InChI=1S/C30H35N3O7S/c1-38-27-11-6-5-8-23(27)16-18-31-33-29(35)30(17-21-41(36,37)26-9-3-2-4-10-26)22-40-28(32-30)24-12-14-25(15-13-24)39-20-7-19-34/h2-6,8-15,31,34H,7,16-22H2,1H3,(H,33,35)/t30-/m0/s1. The second kappa shape index (κ2) is 14.1. The van der Waals surface area contributed by atoms with Crippen LogP contribution in [-0.2, 0) is 25.8 Å². The van der Waals surface area contributed by atoms with E-state index in [0.717, 1.165) is 11.3 Å². The number of methoxy groups -OCH3 is 1. The van der Waals surface area contributed by atoms with E-state index in [1.54, 1.807) is 49.6 Å². The number of sulfone groups is 1. The van der Waals surface area contributed by atoms with E-state index in [2.05, 4.69) is 15.8 Å². The van der Waals surface area contributed by atoms with Crippen molar-refractivity contribution in [2.75, 3.05) is 39.2 Å². The molecule has 0 bridgehead atoms. The number of benzene rings is 3. The molecule has 0 fully saturated rings. The Labute approximate surface area is 240 Å². The van der Waals surface area contributed by atoms with Crippen LogP contribution < -0.4 is 20.3 Å². The van der Waals surface area contributed by atoms with E-state index < -0.39 is 21.3 Å². The summed E-state index contributed by atoms with van der Waals surface area (Å²) in [5.41, 5.74) is 5.80. The molecule has 41 heavy (non-hydrogen) atoms. The third-order valence-corrected chi connectivity index (χ3v) is 8.39. The summed E-state index contributed by atoms with van der Waals surface area (Å²) in [5.74, 6) is 0.848. The number of carbonyl (C=O) groups is 1. The van der Waals surface area contributed by atoms with Gasteiger partial charge in [-0.15, -0.1) is 0 Å². The van der Waals surface area contributed by atoms with Gasteiger partial charge in [-0.25, -0.2) is 18.8 Å². The van der Waals surface area contributed by atoms with E-state index in [9.17, 15) is 13.2 Å². The summed E-state index contributed by atoms with van der Waals surface area (Å²) < 4.78 is 42.9. The average Bonchev–Trinajstić information content (AvgIpc) is 3.45. The van der Waals surface area contributed by atoms with E-state index in [1.165, 1.54) is 12.1 Å². The Kier molecular flexibility index (Phi) is 10.3. The second-order valence-corrected chi connectivity index (χ2v) is 11.6. The van der Waals surface area contributed by atoms with E-state index in [-0.39, 0.29) is 36.2 Å². The van der Waals surface area contributed by atoms with E-state index in [4.69, 9.17) is 19.3 Å². The highest BCUT2D eigenvalue weighted by molar-refractivity contribution is 7.91. The van der Waals surface area contributed by atoms with Crippen LogP contribution in [-0.4, -0.2) is 70.1 Å². The molecular weight excluding hydrogens is 546 g/mol. The Hall–Kier alpha value is -3.93. The normalized spacial score (nSPS) is 16.5. The number of hydrogen-bond donors (Lipinski definition) is 3. The van der Waals surface area contributed by atoms with Gasteiger partial charge in [0.05, 0.1) is 24.4 Å². The zero-order valence-electron chi connectivity index (χ0n) is 22.9. The van der Waals surface area contributed by atoms with Gasteiger partial charge in [-0.3, -0.25) is 10.2 Å². The van der Waals surface area contributed by atoms with Crippen LogP contribution in [0.1, 0.15) is 24.0 Å². The van der Waals surface area contributed by atoms with Gasteiger partial charge in [0, 0.05) is 25.1 Å². The zero-order valence-corrected chi connectivity index (χ0v) is 23.7. The minimum Gasteiger partial charge on any atom is -0.496 e. The van der Waals surface area contributed by atoms with Crippen molar-refractivity contribution in [2.24, 2.45) is 4.99 Å². The first-order valence-electron chi connectivity index (χ1n) is 13.4. The number of nitrogens with zero attached hydrogens (tertiary/aromatic N) is 1. The summed E-state index contributed by atoms with van der Waals surface area (Å²) in [7, 11) is -2.05. The van der Waals surface area contributed by atoms with Crippen molar-refractivity contribution in [1.82, 2.24) is 10.9 Å². The summed E-state index contributed by atoms with van der Waals surface area (Å²) in [4.78, 5) is 18.3. The molecule has 1 aliphatic heterocycles. The van der Waals surface area contributed by atoms with Crippen molar-refractivity contribution in [3.8, 4) is 11.5 Å². The number of amides is 1. The van der Waals surface area contributed by atoms with Gasteiger partial charge in [0.25, 0.3) is 5.91 Å². The molecule has 10 nitrogen and oxygen atoms in total. The SMILES string of the molecule is COc1ccccc1CCNNC(=O)[C@]1(CCS(=O)(=O)c2ccccc2)COC(c2ccc(OCCCO)cc2)=N1. The predicted molar refractivity (Wildman–Crippen MR) is 155 cm³/mol. The Morgan fingerprint density at radius 2 is 1.78 bits per heavy atom. The van der Waals surface area contributed by atoms with Gasteiger partial charge >= 0.3 is 0 Å². The lowest BCUT2D eigenvalue weighted by atomic mass is 9.98. The van der Waals surface area contributed by atoms with Gasteiger partial charge in [0.1, 0.15) is 18.1 Å². The molecule has 3 N–H and O–H groups in total. The first-order chi connectivity index (χ1) is 19.9. The smallest absolute Gasteiger partial charge is 0.265 e. The topological polar surface area (TPSA) is 136 Å². The maximum atomic E-state index is 13.5. The van der Waals surface area contributed by atoms with Crippen LogP contribution in [0.4, 0.5) is 0 Å². The molecule has 3 aromatic rings. The Morgan fingerprint density at radius 3 is 2.51 bits per heavy atom. The molecule has 218 valence electrons. The number of hydrazine groups is 1. The highest BCUT2D eigenvalue weighted by Gasteiger charge is 2.45. The number of ether oxygens (including phenoxy) is 3. The first kappa shape index (κ1) is 30.0. The molecular formula is C30H35N3O7S.